The Morgan fingerprint density at radius 3 is 2.56 bits per heavy atom. The molecule has 0 N–H and O–H groups in total. The Labute approximate surface area is 70.3 Å². The highest BCUT2D eigenvalue weighted by Gasteiger charge is 1.88. The van der Waals surface area contributed by atoms with Crippen LogP contribution in [0.5, 0.6) is 0 Å². The first-order chi connectivity index (χ1) is 6.68. The van der Waals surface area contributed by atoms with Crippen LogP contribution in [0.2, 0.25) is 0 Å². The Kier molecular flexibility index (Phi) is 0.774. The van der Waals surface area contributed by atoms with Crippen LogP contribution in [0.15, 0.2) is 24.2 Å². The van der Waals surface area contributed by atoms with Gasteiger partial charge in [-0.2, -0.15) is 0 Å². The van der Waals surface area contributed by atoms with Crippen molar-refractivity contribution in [2.75, 3.05) is 0 Å². The summed E-state index contributed by atoms with van der Waals surface area (Å²) in [5, 5.41) is -2.22. The zero-order chi connectivity index (χ0) is 12.0. The summed E-state index contributed by atoms with van der Waals surface area (Å²) in [6, 6.07) is -3.16. The van der Waals surface area contributed by atoms with Gasteiger partial charge in [0.1, 0.15) is 5.82 Å². The molecule has 0 heterocycles. The van der Waals surface area contributed by atoms with E-state index >= 15 is 0 Å². The third kappa shape index (κ3) is 1.79. The molecule has 0 unspecified atom stereocenters. The van der Waals surface area contributed by atoms with E-state index in [1.807, 2.05) is 0 Å². The van der Waals surface area contributed by atoms with Gasteiger partial charge in [0, 0.05) is 8.02 Å². The van der Waals surface area contributed by atoms with E-state index in [4.69, 9.17) is 8.22 Å². The lowest BCUT2D eigenvalue weighted by Gasteiger charge is -1.91. The molecular formula is C7H6BrF. The molecule has 0 aliphatic heterocycles. The van der Waals surface area contributed by atoms with Gasteiger partial charge in [0.05, 0.1) is 5.48 Å². The van der Waals surface area contributed by atoms with Crippen molar-refractivity contribution in [1.82, 2.24) is 0 Å². The van der Waals surface area contributed by atoms with Crippen LogP contribution in [0.4, 0.5) is 4.39 Å². The molecule has 0 aromatic heterocycles. The van der Waals surface area contributed by atoms with Gasteiger partial charge in [0.25, 0.3) is 0 Å². The lowest BCUT2D eigenvalue weighted by Crippen LogP contribution is -1.76. The second kappa shape index (κ2) is 2.97. The molecule has 0 spiro atoms. The summed E-state index contributed by atoms with van der Waals surface area (Å²) in [7, 11) is 0. The standard InChI is InChI=1S/C7H6BrF/c8-5-6-1-3-7(9)4-2-6/h1-4H,5H2/i1D,2D,3D,4D,5D2. The molecule has 9 heavy (non-hydrogen) atoms. The van der Waals surface area contributed by atoms with Crippen molar-refractivity contribution in [3.05, 3.63) is 35.6 Å². The average molecular weight is 195 g/mol. The minimum absolute atomic E-state index is 0.501. The summed E-state index contributed by atoms with van der Waals surface area (Å²) < 4.78 is 56.6. The first kappa shape index (κ1) is 2.35. The van der Waals surface area contributed by atoms with E-state index in [9.17, 15) is 4.39 Å². The zero-order valence-corrected chi connectivity index (χ0v) is 5.84. The number of hydrogen-bond donors (Lipinski definition) is 0. The first-order valence-corrected chi connectivity index (χ1v) is 2.92. The third-order valence-corrected chi connectivity index (χ3v) is 1.09. The van der Waals surface area contributed by atoms with Gasteiger partial charge in [-0.3, -0.25) is 0 Å². The summed E-state index contributed by atoms with van der Waals surface area (Å²) in [6.45, 7) is 0. The summed E-state index contributed by atoms with van der Waals surface area (Å²) in [6.07, 6.45) is 0. The lowest BCUT2D eigenvalue weighted by molar-refractivity contribution is 0.627. The van der Waals surface area contributed by atoms with Crippen LogP contribution in [0.25, 0.3) is 0 Å². The quantitative estimate of drug-likeness (QED) is 0.604. The molecule has 0 aliphatic rings. The summed E-state index contributed by atoms with van der Waals surface area (Å²) in [5.41, 5.74) is -0.501. The van der Waals surface area contributed by atoms with Crippen molar-refractivity contribution in [3.8, 4) is 0 Å². The van der Waals surface area contributed by atoms with E-state index in [1.165, 1.54) is 0 Å². The number of halogens is 2. The Morgan fingerprint density at radius 1 is 1.56 bits per heavy atom. The van der Waals surface area contributed by atoms with Crippen LogP contribution in [-0.4, -0.2) is 0 Å². The highest BCUT2D eigenvalue weighted by atomic mass is 79.9. The molecule has 0 atom stereocenters. The monoisotopic (exact) mass is 194 g/mol. The number of rotatable bonds is 1. The lowest BCUT2D eigenvalue weighted by atomic mass is 10.2. The normalized spacial score (nSPS) is 20.7. The Morgan fingerprint density at radius 2 is 2.11 bits per heavy atom. The molecule has 48 valence electrons. The minimum Gasteiger partial charge on any atom is -0.207 e. The van der Waals surface area contributed by atoms with Crippen LogP contribution in [0, 0.1) is 5.82 Å². The Balaban J connectivity index is 3.68. The first-order valence-electron chi connectivity index (χ1n) is 5.13. The van der Waals surface area contributed by atoms with Crippen LogP contribution in [-0.2, 0) is 5.28 Å². The Hall–Kier alpha value is -0.370. The number of alkyl halides is 1. The fourth-order valence-electron chi connectivity index (χ4n) is 0.344. The predicted molar refractivity (Wildman–Crippen MR) is 39.0 cm³/mol. The van der Waals surface area contributed by atoms with Crippen molar-refractivity contribution in [3.63, 3.8) is 0 Å². The highest BCUT2D eigenvalue weighted by Crippen LogP contribution is 2.05. The van der Waals surface area contributed by atoms with Gasteiger partial charge in [-0.1, -0.05) is 28.0 Å². The maximum Gasteiger partial charge on any atom is 0.123 e. The van der Waals surface area contributed by atoms with Gasteiger partial charge in [-0.25, -0.2) is 4.39 Å². The van der Waals surface area contributed by atoms with Crippen LogP contribution in [0.1, 0.15) is 13.8 Å². The van der Waals surface area contributed by atoms with Crippen molar-refractivity contribution < 1.29 is 12.6 Å². The van der Waals surface area contributed by atoms with Crippen LogP contribution in [0.3, 0.4) is 0 Å². The molecule has 0 fully saturated rings. The fraction of sp³-hybridized carbons (Fsp3) is 0.143. The fourth-order valence-corrected chi connectivity index (χ4v) is 0.543. The molecule has 0 amide bonds. The van der Waals surface area contributed by atoms with Gasteiger partial charge < -0.3 is 0 Å². The highest BCUT2D eigenvalue weighted by molar-refractivity contribution is 9.08. The van der Waals surface area contributed by atoms with E-state index in [-0.39, 0.29) is 0 Å². The largest absolute Gasteiger partial charge is 0.207 e. The van der Waals surface area contributed by atoms with E-state index in [0.717, 1.165) is 0 Å². The molecule has 1 rings (SSSR count). The van der Waals surface area contributed by atoms with Crippen molar-refractivity contribution in [2.24, 2.45) is 0 Å². The molecule has 2 heteroatoms. The molecular weight excluding hydrogens is 183 g/mol. The molecule has 0 aliphatic carbocycles. The van der Waals surface area contributed by atoms with Crippen LogP contribution >= 0.6 is 15.9 Å². The maximum atomic E-state index is 13.1. The summed E-state index contributed by atoms with van der Waals surface area (Å²) >= 11 is 2.59. The average Bonchev–Trinajstić information content (AvgIpc) is 2.09. The van der Waals surface area contributed by atoms with Gasteiger partial charge in [-0.05, 0) is 17.6 Å². The second-order valence-corrected chi connectivity index (χ2v) is 1.68. The molecule has 0 saturated carbocycles. The molecule has 0 bridgehead atoms. The molecule has 0 nitrogen and oxygen atoms in total. The third-order valence-electron chi connectivity index (χ3n) is 0.689. The van der Waals surface area contributed by atoms with E-state index < -0.39 is 40.8 Å². The number of benzene rings is 1. The van der Waals surface area contributed by atoms with Crippen molar-refractivity contribution in [1.29, 1.82) is 0 Å². The molecule has 0 radical (unpaired) electrons. The van der Waals surface area contributed by atoms with E-state index in [2.05, 4.69) is 15.9 Å². The molecule has 0 saturated heterocycles. The van der Waals surface area contributed by atoms with E-state index in [0.29, 0.717) is 0 Å². The van der Waals surface area contributed by atoms with Crippen LogP contribution < -0.4 is 0 Å². The van der Waals surface area contributed by atoms with Gasteiger partial charge >= 0.3 is 0 Å². The maximum absolute atomic E-state index is 13.1. The van der Waals surface area contributed by atoms with Gasteiger partial charge in [0.2, 0.25) is 0 Å². The zero-order valence-electron chi connectivity index (χ0n) is 10.3. The summed E-state index contributed by atoms with van der Waals surface area (Å²) in [5.74, 6) is -1.27. The minimum atomic E-state index is -2.22. The van der Waals surface area contributed by atoms with E-state index in [1.54, 1.807) is 0 Å². The number of hydrogen-bond acceptors (Lipinski definition) is 0. The topological polar surface area (TPSA) is 0 Å². The molecule has 1 aromatic carbocycles. The van der Waals surface area contributed by atoms with Gasteiger partial charge in [0.15, 0.2) is 0 Å². The SMILES string of the molecule is [2H]c1c([2H])c(C([2H])([2H])Br)c([2H])c([2H])c1F. The summed E-state index contributed by atoms with van der Waals surface area (Å²) in [4.78, 5) is 0. The van der Waals surface area contributed by atoms with Crippen molar-refractivity contribution >= 4 is 15.9 Å². The van der Waals surface area contributed by atoms with Crippen molar-refractivity contribution in [2.45, 2.75) is 5.28 Å². The second-order valence-electron chi connectivity index (χ2n) is 1.28. The molecule has 1 aromatic rings. The smallest absolute Gasteiger partial charge is 0.123 e. The Bertz CT molecular complexity index is 384. The predicted octanol–water partition coefficient (Wildman–Crippen LogP) is 2.72. The van der Waals surface area contributed by atoms with Gasteiger partial charge in [-0.15, -0.1) is 0 Å².